The summed E-state index contributed by atoms with van der Waals surface area (Å²) in [5.74, 6) is 0.0626. The summed E-state index contributed by atoms with van der Waals surface area (Å²) in [4.78, 5) is 0. The Morgan fingerprint density at radius 2 is 1.89 bits per heavy atom. The van der Waals surface area contributed by atoms with Crippen molar-refractivity contribution in [3.05, 3.63) is 35.9 Å². The van der Waals surface area contributed by atoms with Gasteiger partial charge in [0, 0.05) is 6.54 Å². The van der Waals surface area contributed by atoms with E-state index >= 15 is 0 Å². The molecule has 0 aromatic heterocycles. The zero-order valence-corrected chi connectivity index (χ0v) is 11.1. The van der Waals surface area contributed by atoms with Gasteiger partial charge in [-0.05, 0) is 31.2 Å². The summed E-state index contributed by atoms with van der Waals surface area (Å²) in [5, 5.41) is 9.83. The molecule has 0 amide bonds. The molecule has 0 heterocycles. The molecule has 1 fully saturated rings. The Morgan fingerprint density at radius 1 is 1.22 bits per heavy atom. The smallest absolute Gasteiger partial charge is 0.212 e. The lowest BCUT2D eigenvalue weighted by Crippen LogP contribution is -2.48. The van der Waals surface area contributed by atoms with Crippen molar-refractivity contribution in [3.63, 3.8) is 0 Å². The molecule has 1 aliphatic carbocycles. The van der Waals surface area contributed by atoms with Gasteiger partial charge in [-0.2, -0.15) is 0 Å². The number of sulfonamides is 1. The minimum Gasteiger partial charge on any atom is -0.389 e. The van der Waals surface area contributed by atoms with E-state index in [9.17, 15) is 13.5 Å². The number of hydrogen-bond acceptors (Lipinski definition) is 3. The van der Waals surface area contributed by atoms with Crippen LogP contribution in [0.3, 0.4) is 0 Å². The van der Waals surface area contributed by atoms with Crippen molar-refractivity contribution in [2.75, 3.05) is 12.3 Å². The lowest BCUT2D eigenvalue weighted by atomic mass is 9.81. The maximum Gasteiger partial charge on any atom is 0.212 e. The van der Waals surface area contributed by atoms with Gasteiger partial charge in [-0.15, -0.1) is 0 Å². The molecule has 0 unspecified atom stereocenters. The third kappa shape index (κ3) is 3.80. The van der Waals surface area contributed by atoms with Gasteiger partial charge in [0.1, 0.15) is 0 Å². The van der Waals surface area contributed by atoms with Crippen LogP contribution in [0.2, 0.25) is 0 Å². The normalized spacial score (nSPS) is 18.3. The van der Waals surface area contributed by atoms with Crippen LogP contribution in [0.5, 0.6) is 0 Å². The topological polar surface area (TPSA) is 66.4 Å². The number of aliphatic hydroxyl groups is 1. The van der Waals surface area contributed by atoms with Crippen LogP contribution in [-0.2, 0) is 16.4 Å². The van der Waals surface area contributed by atoms with Crippen molar-refractivity contribution in [2.45, 2.75) is 31.3 Å². The largest absolute Gasteiger partial charge is 0.389 e. The Kier molecular flexibility index (Phi) is 4.04. The fraction of sp³-hybridized carbons (Fsp3) is 0.538. The molecular formula is C13H19NO3S. The third-order valence-electron chi connectivity index (χ3n) is 3.41. The van der Waals surface area contributed by atoms with Crippen LogP contribution in [0.1, 0.15) is 24.8 Å². The van der Waals surface area contributed by atoms with Crippen LogP contribution >= 0.6 is 0 Å². The molecule has 0 atom stereocenters. The molecule has 0 saturated heterocycles. The SMILES string of the molecule is O=S(=O)(CCc1ccccc1)NCC1(O)CCC1. The summed E-state index contributed by atoms with van der Waals surface area (Å²) in [5.41, 5.74) is 0.199. The van der Waals surface area contributed by atoms with E-state index in [1.54, 1.807) is 0 Å². The summed E-state index contributed by atoms with van der Waals surface area (Å²) in [7, 11) is -3.30. The fourth-order valence-corrected chi connectivity index (χ4v) is 3.11. The average Bonchev–Trinajstić information content (AvgIpc) is 2.33. The molecule has 5 heteroatoms. The van der Waals surface area contributed by atoms with Crippen molar-refractivity contribution in [2.24, 2.45) is 0 Å². The monoisotopic (exact) mass is 269 g/mol. The zero-order valence-electron chi connectivity index (χ0n) is 10.3. The lowest BCUT2D eigenvalue weighted by Gasteiger charge is -2.36. The molecular weight excluding hydrogens is 250 g/mol. The van der Waals surface area contributed by atoms with Crippen molar-refractivity contribution < 1.29 is 13.5 Å². The Labute approximate surface area is 108 Å². The van der Waals surface area contributed by atoms with E-state index in [1.807, 2.05) is 30.3 Å². The highest BCUT2D eigenvalue weighted by molar-refractivity contribution is 7.89. The van der Waals surface area contributed by atoms with E-state index in [-0.39, 0.29) is 12.3 Å². The molecule has 0 aliphatic heterocycles. The molecule has 4 nitrogen and oxygen atoms in total. The van der Waals surface area contributed by atoms with E-state index < -0.39 is 15.6 Å². The quantitative estimate of drug-likeness (QED) is 0.811. The highest BCUT2D eigenvalue weighted by Gasteiger charge is 2.35. The van der Waals surface area contributed by atoms with Crippen molar-refractivity contribution in [3.8, 4) is 0 Å². The summed E-state index contributed by atoms with van der Waals surface area (Å²) in [6.07, 6.45) is 2.85. The number of benzene rings is 1. The van der Waals surface area contributed by atoms with E-state index in [0.29, 0.717) is 19.3 Å². The number of aryl methyl sites for hydroxylation is 1. The van der Waals surface area contributed by atoms with Crippen LogP contribution in [0, 0.1) is 0 Å². The first-order valence-corrected chi connectivity index (χ1v) is 7.88. The van der Waals surface area contributed by atoms with Crippen LogP contribution in [0.15, 0.2) is 30.3 Å². The zero-order chi connectivity index (χ0) is 13.1. The van der Waals surface area contributed by atoms with Gasteiger partial charge in [0.15, 0.2) is 0 Å². The number of rotatable bonds is 6. The van der Waals surface area contributed by atoms with Gasteiger partial charge in [0.05, 0.1) is 11.4 Å². The second kappa shape index (κ2) is 5.38. The third-order valence-corrected chi connectivity index (χ3v) is 4.73. The van der Waals surface area contributed by atoms with Crippen molar-refractivity contribution >= 4 is 10.0 Å². The molecule has 1 saturated carbocycles. The standard InChI is InChI=1S/C13H19NO3S/c15-13(8-4-9-13)11-14-18(16,17)10-7-12-5-2-1-3-6-12/h1-3,5-6,14-15H,4,7-11H2. The molecule has 0 spiro atoms. The first-order valence-electron chi connectivity index (χ1n) is 6.23. The molecule has 18 heavy (non-hydrogen) atoms. The van der Waals surface area contributed by atoms with Crippen LogP contribution in [-0.4, -0.2) is 31.4 Å². The van der Waals surface area contributed by atoms with Gasteiger partial charge >= 0.3 is 0 Å². The highest BCUT2D eigenvalue weighted by Crippen LogP contribution is 2.30. The Hall–Kier alpha value is -0.910. The predicted molar refractivity (Wildman–Crippen MR) is 70.7 cm³/mol. The second-order valence-electron chi connectivity index (χ2n) is 4.95. The Balaban J connectivity index is 1.80. The summed E-state index contributed by atoms with van der Waals surface area (Å²) in [6, 6.07) is 9.52. The predicted octanol–water partition coefficient (Wildman–Crippen LogP) is 1.06. The molecule has 0 bridgehead atoms. The van der Waals surface area contributed by atoms with Gasteiger partial charge in [-0.3, -0.25) is 0 Å². The van der Waals surface area contributed by atoms with Crippen LogP contribution in [0.25, 0.3) is 0 Å². The molecule has 1 aromatic rings. The first-order chi connectivity index (χ1) is 8.49. The lowest BCUT2D eigenvalue weighted by molar-refractivity contribution is -0.0270. The van der Waals surface area contributed by atoms with Gasteiger partial charge < -0.3 is 5.11 Å². The van der Waals surface area contributed by atoms with Gasteiger partial charge in [-0.25, -0.2) is 13.1 Å². The van der Waals surface area contributed by atoms with E-state index in [0.717, 1.165) is 12.0 Å². The van der Waals surface area contributed by atoms with Crippen LogP contribution in [0.4, 0.5) is 0 Å². The van der Waals surface area contributed by atoms with Crippen LogP contribution < -0.4 is 4.72 Å². The van der Waals surface area contributed by atoms with Gasteiger partial charge in [0.25, 0.3) is 0 Å². The Morgan fingerprint density at radius 3 is 2.44 bits per heavy atom. The van der Waals surface area contributed by atoms with Gasteiger partial charge in [0.2, 0.25) is 10.0 Å². The van der Waals surface area contributed by atoms with Gasteiger partial charge in [-0.1, -0.05) is 30.3 Å². The fourth-order valence-electron chi connectivity index (χ4n) is 1.98. The molecule has 1 aromatic carbocycles. The molecule has 0 radical (unpaired) electrons. The molecule has 2 N–H and O–H groups in total. The Bertz CT molecular complexity index is 480. The molecule has 100 valence electrons. The summed E-state index contributed by atoms with van der Waals surface area (Å²) in [6.45, 7) is 0.143. The van der Waals surface area contributed by atoms with Crippen molar-refractivity contribution in [1.82, 2.24) is 4.72 Å². The number of nitrogens with one attached hydrogen (secondary N) is 1. The van der Waals surface area contributed by atoms with E-state index in [2.05, 4.69) is 4.72 Å². The highest BCUT2D eigenvalue weighted by atomic mass is 32.2. The maximum absolute atomic E-state index is 11.8. The summed E-state index contributed by atoms with van der Waals surface area (Å²) >= 11 is 0. The van der Waals surface area contributed by atoms with E-state index in [1.165, 1.54) is 0 Å². The molecule has 1 aliphatic rings. The van der Waals surface area contributed by atoms with Crippen molar-refractivity contribution in [1.29, 1.82) is 0 Å². The maximum atomic E-state index is 11.8. The average molecular weight is 269 g/mol. The number of hydrogen-bond donors (Lipinski definition) is 2. The second-order valence-corrected chi connectivity index (χ2v) is 6.88. The minimum atomic E-state index is -3.30. The molecule has 2 rings (SSSR count). The minimum absolute atomic E-state index is 0.0626. The first kappa shape index (κ1) is 13.5. The summed E-state index contributed by atoms with van der Waals surface area (Å²) < 4.78 is 26.0. The van der Waals surface area contributed by atoms with E-state index in [4.69, 9.17) is 0 Å².